The number of benzene rings is 1. The van der Waals surface area contributed by atoms with Gasteiger partial charge in [-0.25, -0.2) is 0 Å². The lowest BCUT2D eigenvalue weighted by molar-refractivity contribution is 0.249. The Labute approximate surface area is 130 Å². The third-order valence-electron chi connectivity index (χ3n) is 4.71. The fraction of sp³-hybridized carbons (Fsp3) is 0.667. The lowest BCUT2D eigenvalue weighted by Crippen LogP contribution is -2.42. The van der Waals surface area contributed by atoms with Gasteiger partial charge in [0.1, 0.15) is 0 Å². The Morgan fingerprint density at radius 3 is 2.43 bits per heavy atom. The standard InChI is InChI=1S/C18H31N3/c1-5-17(19-6-2)16-9-7-8-10-18(16)21-13-11-15(12-14-21)20(3)4/h7-10,15,17,19H,5-6,11-14H2,1-4H3. The minimum atomic E-state index is 0.470. The minimum Gasteiger partial charge on any atom is -0.371 e. The highest BCUT2D eigenvalue weighted by molar-refractivity contribution is 5.55. The molecule has 0 saturated carbocycles. The van der Waals surface area contributed by atoms with Crippen molar-refractivity contribution in [2.75, 3.05) is 38.6 Å². The molecule has 1 fully saturated rings. The molecule has 1 atom stereocenters. The molecule has 0 bridgehead atoms. The maximum absolute atomic E-state index is 3.62. The summed E-state index contributed by atoms with van der Waals surface area (Å²) in [7, 11) is 4.40. The van der Waals surface area contributed by atoms with E-state index in [9.17, 15) is 0 Å². The highest BCUT2D eigenvalue weighted by Crippen LogP contribution is 2.30. The van der Waals surface area contributed by atoms with Crippen LogP contribution in [0.25, 0.3) is 0 Å². The van der Waals surface area contributed by atoms with E-state index in [1.165, 1.54) is 37.2 Å². The van der Waals surface area contributed by atoms with E-state index in [0.29, 0.717) is 6.04 Å². The molecule has 1 saturated heterocycles. The number of piperidine rings is 1. The molecule has 3 heteroatoms. The van der Waals surface area contributed by atoms with Crippen molar-refractivity contribution in [2.45, 2.75) is 45.2 Å². The quantitative estimate of drug-likeness (QED) is 0.867. The maximum Gasteiger partial charge on any atom is 0.0414 e. The van der Waals surface area contributed by atoms with Gasteiger partial charge in [-0.3, -0.25) is 0 Å². The van der Waals surface area contributed by atoms with E-state index in [0.717, 1.165) is 19.0 Å². The Hall–Kier alpha value is -1.06. The topological polar surface area (TPSA) is 18.5 Å². The van der Waals surface area contributed by atoms with E-state index < -0.39 is 0 Å². The Bertz CT molecular complexity index is 422. The van der Waals surface area contributed by atoms with E-state index in [1.54, 1.807) is 0 Å². The largest absolute Gasteiger partial charge is 0.371 e. The van der Waals surface area contributed by atoms with Crippen LogP contribution < -0.4 is 10.2 Å². The number of hydrogen-bond acceptors (Lipinski definition) is 3. The van der Waals surface area contributed by atoms with Crippen LogP contribution in [0.3, 0.4) is 0 Å². The second-order valence-corrected chi connectivity index (χ2v) is 6.26. The van der Waals surface area contributed by atoms with Gasteiger partial charge in [0.2, 0.25) is 0 Å². The summed E-state index contributed by atoms with van der Waals surface area (Å²) >= 11 is 0. The predicted octanol–water partition coefficient (Wildman–Crippen LogP) is 3.28. The van der Waals surface area contributed by atoms with E-state index in [4.69, 9.17) is 0 Å². The van der Waals surface area contributed by atoms with E-state index in [-0.39, 0.29) is 0 Å². The Morgan fingerprint density at radius 1 is 1.19 bits per heavy atom. The van der Waals surface area contributed by atoms with Gasteiger partial charge in [-0.05, 0) is 51.5 Å². The molecule has 118 valence electrons. The second-order valence-electron chi connectivity index (χ2n) is 6.26. The van der Waals surface area contributed by atoms with Gasteiger partial charge < -0.3 is 15.1 Å². The van der Waals surface area contributed by atoms with Crippen LogP contribution in [0, 0.1) is 0 Å². The van der Waals surface area contributed by atoms with Gasteiger partial charge in [0, 0.05) is 30.9 Å². The van der Waals surface area contributed by atoms with Crippen molar-refractivity contribution in [3.63, 3.8) is 0 Å². The summed E-state index contributed by atoms with van der Waals surface area (Å²) in [6, 6.07) is 10.2. The smallest absolute Gasteiger partial charge is 0.0414 e. The number of nitrogens with one attached hydrogen (secondary N) is 1. The highest BCUT2D eigenvalue weighted by atomic mass is 15.2. The summed E-state index contributed by atoms with van der Waals surface area (Å²) in [5, 5.41) is 3.62. The molecule has 1 aromatic rings. The molecule has 1 aliphatic heterocycles. The van der Waals surface area contributed by atoms with Crippen LogP contribution in [0.1, 0.15) is 44.7 Å². The van der Waals surface area contributed by atoms with Crippen LogP contribution in [0.4, 0.5) is 5.69 Å². The molecule has 1 aromatic carbocycles. The molecule has 1 heterocycles. The van der Waals surface area contributed by atoms with Crippen LogP contribution in [0.15, 0.2) is 24.3 Å². The maximum atomic E-state index is 3.62. The normalized spacial score (nSPS) is 18.2. The first-order valence-corrected chi connectivity index (χ1v) is 8.41. The van der Waals surface area contributed by atoms with E-state index in [1.807, 2.05) is 0 Å². The third-order valence-corrected chi connectivity index (χ3v) is 4.71. The number of anilines is 1. The molecule has 0 radical (unpaired) electrons. The van der Waals surface area contributed by atoms with Gasteiger partial charge in [0.15, 0.2) is 0 Å². The summed E-state index contributed by atoms with van der Waals surface area (Å²) < 4.78 is 0. The molecule has 21 heavy (non-hydrogen) atoms. The van der Waals surface area contributed by atoms with Crippen molar-refractivity contribution in [1.29, 1.82) is 0 Å². The number of rotatable bonds is 6. The molecule has 2 rings (SSSR count). The zero-order valence-electron chi connectivity index (χ0n) is 14.1. The average Bonchev–Trinajstić information content (AvgIpc) is 2.53. The molecule has 0 aromatic heterocycles. The van der Waals surface area contributed by atoms with Gasteiger partial charge in [0.25, 0.3) is 0 Å². The van der Waals surface area contributed by atoms with E-state index in [2.05, 4.69) is 67.3 Å². The van der Waals surface area contributed by atoms with Crippen LogP contribution in [0.5, 0.6) is 0 Å². The number of para-hydroxylation sites is 1. The van der Waals surface area contributed by atoms with Crippen molar-refractivity contribution < 1.29 is 0 Å². The van der Waals surface area contributed by atoms with Gasteiger partial charge in [-0.2, -0.15) is 0 Å². The van der Waals surface area contributed by atoms with Crippen molar-refractivity contribution in [2.24, 2.45) is 0 Å². The summed E-state index contributed by atoms with van der Waals surface area (Å²) in [6.07, 6.45) is 3.66. The summed E-state index contributed by atoms with van der Waals surface area (Å²) in [6.45, 7) is 7.82. The molecule has 0 amide bonds. The van der Waals surface area contributed by atoms with Crippen molar-refractivity contribution in [3.8, 4) is 0 Å². The lowest BCUT2D eigenvalue weighted by Gasteiger charge is -2.38. The summed E-state index contributed by atoms with van der Waals surface area (Å²) in [5.41, 5.74) is 2.90. The zero-order valence-corrected chi connectivity index (χ0v) is 14.1. The number of nitrogens with zero attached hydrogens (tertiary/aromatic N) is 2. The first kappa shape index (κ1) is 16.3. The van der Waals surface area contributed by atoms with Gasteiger partial charge in [0.05, 0.1) is 0 Å². The fourth-order valence-corrected chi connectivity index (χ4v) is 3.41. The van der Waals surface area contributed by atoms with Crippen molar-refractivity contribution >= 4 is 5.69 Å². The molecule has 1 aliphatic rings. The highest BCUT2D eigenvalue weighted by Gasteiger charge is 2.23. The third kappa shape index (κ3) is 3.98. The van der Waals surface area contributed by atoms with Crippen molar-refractivity contribution in [1.82, 2.24) is 10.2 Å². The Balaban J connectivity index is 2.13. The zero-order chi connectivity index (χ0) is 15.2. The fourth-order valence-electron chi connectivity index (χ4n) is 3.41. The Morgan fingerprint density at radius 2 is 1.86 bits per heavy atom. The molecule has 0 spiro atoms. The monoisotopic (exact) mass is 289 g/mol. The molecule has 0 aliphatic carbocycles. The predicted molar refractivity (Wildman–Crippen MR) is 92.1 cm³/mol. The first-order chi connectivity index (χ1) is 10.2. The van der Waals surface area contributed by atoms with Crippen LogP contribution in [-0.2, 0) is 0 Å². The first-order valence-electron chi connectivity index (χ1n) is 8.41. The Kier molecular flexibility index (Phi) is 6.07. The van der Waals surface area contributed by atoms with Crippen LogP contribution in [-0.4, -0.2) is 44.7 Å². The van der Waals surface area contributed by atoms with Crippen molar-refractivity contribution in [3.05, 3.63) is 29.8 Å². The number of hydrogen-bond donors (Lipinski definition) is 1. The summed E-state index contributed by atoms with van der Waals surface area (Å²) in [4.78, 5) is 4.95. The van der Waals surface area contributed by atoms with Crippen LogP contribution >= 0.6 is 0 Å². The molecular formula is C18H31N3. The van der Waals surface area contributed by atoms with E-state index >= 15 is 0 Å². The second kappa shape index (κ2) is 7.81. The molecule has 1 N–H and O–H groups in total. The minimum absolute atomic E-state index is 0.470. The molecular weight excluding hydrogens is 258 g/mol. The summed E-state index contributed by atoms with van der Waals surface area (Å²) in [5.74, 6) is 0. The molecule has 1 unspecified atom stereocenters. The van der Waals surface area contributed by atoms with Gasteiger partial charge in [-0.1, -0.05) is 32.0 Å². The lowest BCUT2D eigenvalue weighted by atomic mass is 9.98. The average molecular weight is 289 g/mol. The molecule has 3 nitrogen and oxygen atoms in total. The van der Waals surface area contributed by atoms with Gasteiger partial charge >= 0.3 is 0 Å². The SMILES string of the molecule is CCNC(CC)c1ccccc1N1CCC(N(C)C)CC1. The van der Waals surface area contributed by atoms with Gasteiger partial charge in [-0.15, -0.1) is 0 Å². The van der Waals surface area contributed by atoms with Crippen LogP contribution in [0.2, 0.25) is 0 Å².